The molecule has 1 saturated heterocycles. The number of anilines is 1. The maximum atomic E-state index is 13.1. The smallest absolute Gasteiger partial charge is 0.246 e. The van der Waals surface area contributed by atoms with Crippen LogP contribution in [0.1, 0.15) is 26.2 Å². The molecule has 0 unspecified atom stereocenters. The number of nitrogens with zero attached hydrogens (tertiary/aromatic N) is 2. The Bertz CT molecular complexity index is 788. The van der Waals surface area contributed by atoms with E-state index in [-0.39, 0.29) is 17.7 Å². The van der Waals surface area contributed by atoms with Crippen molar-refractivity contribution in [3.63, 3.8) is 0 Å². The van der Waals surface area contributed by atoms with Crippen LogP contribution in [0.15, 0.2) is 24.3 Å². The van der Waals surface area contributed by atoms with Crippen molar-refractivity contribution in [3.8, 4) is 5.75 Å². The summed E-state index contributed by atoms with van der Waals surface area (Å²) in [6, 6.07) is 5.76. The molecular formula is C18H27N3O5S. The fourth-order valence-electron chi connectivity index (χ4n) is 3.39. The molecule has 0 bridgehead atoms. The minimum absolute atomic E-state index is 0.237. The topological polar surface area (TPSA) is 110 Å². The van der Waals surface area contributed by atoms with E-state index in [4.69, 9.17) is 10.5 Å². The SMILES string of the molecule is CC[C@H](C(=O)N1CCC(C(N)=O)CC1)N(c1cccc(OC)c1)S(C)(=O)=O. The lowest BCUT2D eigenvalue weighted by Gasteiger charge is -2.37. The van der Waals surface area contributed by atoms with Crippen LogP contribution in [0.4, 0.5) is 5.69 Å². The lowest BCUT2D eigenvalue weighted by molar-refractivity contribution is -0.135. The van der Waals surface area contributed by atoms with E-state index in [1.54, 1.807) is 36.1 Å². The molecule has 1 aromatic carbocycles. The average Bonchev–Trinajstić information content (AvgIpc) is 2.64. The van der Waals surface area contributed by atoms with E-state index in [1.807, 2.05) is 0 Å². The summed E-state index contributed by atoms with van der Waals surface area (Å²) >= 11 is 0. The van der Waals surface area contributed by atoms with Gasteiger partial charge < -0.3 is 15.4 Å². The van der Waals surface area contributed by atoms with Crippen molar-refractivity contribution in [2.45, 2.75) is 32.2 Å². The predicted molar refractivity (Wildman–Crippen MR) is 103 cm³/mol. The molecule has 1 aliphatic heterocycles. The Kier molecular flexibility index (Phi) is 6.69. The van der Waals surface area contributed by atoms with Gasteiger partial charge in [-0.25, -0.2) is 8.42 Å². The maximum absolute atomic E-state index is 13.1. The van der Waals surface area contributed by atoms with Crippen LogP contribution in [-0.4, -0.2) is 57.6 Å². The molecule has 27 heavy (non-hydrogen) atoms. The lowest BCUT2D eigenvalue weighted by atomic mass is 9.95. The van der Waals surface area contributed by atoms with Crippen molar-refractivity contribution in [2.75, 3.05) is 30.8 Å². The van der Waals surface area contributed by atoms with Gasteiger partial charge in [0.05, 0.1) is 19.1 Å². The molecule has 150 valence electrons. The number of sulfonamides is 1. The zero-order valence-corrected chi connectivity index (χ0v) is 16.7. The van der Waals surface area contributed by atoms with Gasteiger partial charge in [0.1, 0.15) is 11.8 Å². The van der Waals surface area contributed by atoms with Gasteiger partial charge in [-0.2, -0.15) is 0 Å². The predicted octanol–water partition coefficient (Wildman–Crippen LogP) is 0.964. The van der Waals surface area contributed by atoms with Crippen LogP contribution in [0.3, 0.4) is 0 Å². The maximum Gasteiger partial charge on any atom is 0.246 e. The molecular weight excluding hydrogens is 370 g/mol. The Balaban J connectivity index is 2.30. The van der Waals surface area contributed by atoms with Gasteiger partial charge in [0.15, 0.2) is 0 Å². The van der Waals surface area contributed by atoms with E-state index in [0.717, 1.165) is 10.6 Å². The Labute approximate surface area is 160 Å². The first kappa shape index (κ1) is 21.0. The molecule has 1 heterocycles. The molecule has 1 aliphatic rings. The van der Waals surface area contributed by atoms with Gasteiger partial charge in [0.2, 0.25) is 21.8 Å². The molecule has 1 fully saturated rings. The number of primary amides is 1. The number of ether oxygens (including phenoxy) is 1. The molecule has 0 aliphatic carbocycles. The number of likely N-dealkylation sites (tertiary alicyclic amines) is 1. The molecule has 2 rings (SSSR count). The number of hydrogen-bond donors (Lipinski definition) is 1. The van der Waals surface area contributed by atoms with Gasteiger partial charge >= 0.3 is 0 Å². The van der Waals surface area contributed by atoms with Crippen LogP contribution in [-0.2, 0) is 19.6 Å². The summed E-state index contributed by atoms with van der Waals surface area (Å²) in [5.74, 6) is -0.360. The number of methoxy groups -OCH3 is 1. The number of carbonyl (C=O) groups excluding carboxylic acids is 2. The van der Waals surface area contributed by atoms with Crippen LogP contribution in [0.2, 0.25) is 0 Å². The van der Waals surface area contributed by atoms with E-state index in [1.165, 1.54) is 7.11 Å². The van der Waals surface area contributed by atoms with Crippen LogP contribution in [0, 0.1) is 5.92 Å². The van der Waals surface area contributed by atoms with Gasteiger partial charge in [0.25, 0.3) is 0 Å². The summed E-state index contributed by atoms with van der Waals surface area (Å²) in [7, 11) is -2.21. The fourth-order valence-corrected chi connectivity index (χ4v) is 4.58. The van der Waals surface area contributed by atoms with E-state index >= 15 is 0 Å². The highest BCUT2D eigenvalue weighted by atomic mass is 32.2. The monoisotopic (exact) mass is 397 g/mol. The van der Waals surface area contributed by atoms with Gasteiger partial charge in [-0.15, -0.1) is 0 Å². The van der Waals surface area contributed by atoms with E-state index in [2.05, 4.69) is 0 Å². The Hall–Kier alpha value is -2.29. The number of piperidine rings is 1. The molecule has 9 heteroatoms. The van der Waals surface area contributed by atoms with Crippen LogP contribution < -0.4 is 14.8 Å². The standard InChI is InChI=1S/C18H27N3O5S/c1-4-16(18(23)20-10-8-13(9-11-20)17(19)22)21(27(3,24)25)14-6-5-7-15(12-14)26-2/h5-7,12-13,16H,4,8-11H2,1-3H3,(H2,19,22)/t16-/m1/s1. The number of carbonyl (C=O) groups is 2. The molecule has 2 N–H and O–H groups in total. The first-order valence-electron chi connectivity index (χ1n) is 8.90. The molecule has 1 atom stereocenters. The summed E-state index contributed by atoms with van der Waals surface area (Å²) in [5, 5.41) is 0. The average molecular weight is 397 g/mol. The second-order valence-electron chi connectivity index (χ2n) is 6.69. The van der Waals surface area contributed by atoms with Crippen molar-refractivity contribution in [1.82, 2.24) is 4.90 Å². The van der Waals surface area contributed by atoms with Crippen LogP contribution in [0.5, 0.6) is 5.75 Å². The molecule has 1 aromatic rings. The largest absolute Gasteiger partial charge is 0.497 e. The van der Waals surface area contributed by atoms with Crippen molar-refractivity contribution >= 4 is 27.5 Å². The zero-order valence-electron chi connectivity index (χ0n) is 15.9. The Morgan fingerprint density at radius 2 is 1.96 bits per heavy atom. The molecule has 0 spiro atoms. The minimum atomic E-state index is -3.71. The highest BCUT2D eigenvalue weighted by Crippen LogP contribution is 2.28. The second-order valence-corrected chi connectivity index (χ2v) is 8.55. The Morgan fingerprint density at radius 1 is 1.33 bits per heavy atom. The molecule has 0 saturated carbocycles. The van der Waals surface area contributed by atoms with Crippen molar-refractivity contribution in [1.29, 1.82) is 0 Å². The van der Waals surface area contributed by atoms with Crippen molar-refractivity contribution in [2.24, 2.45) is 11.7 Å². The first-order valence-corrected chi connectivity index (χ1v) is 10.8. The molecule has 0 radical (unpaired) electrons. The summed E-state index contributed by atoms with van der Waals surface area (Å²) in [4.78, 5) is 26.0. The van der Waals surface area contributed by atoms with Gasteiger partial charge in [-0.3, -0.25) is 13.9 Å². The first-order chi connectivity index (χ1) is 12.7. The van der Waals surface area contributed by atoms with Gasteiger partial charge in [-0.05, 0) is 31.4 Å². The summed E-state index contributed by atoms with van der Waals surface area (Å²) in [6.07, 6.45) is 2.39. The van der Waals surface area contributed by atoms with Crippen molar-refractivity contribution < 1.29 is 22.7 Å². The van der Waals surface area contributed by atoms with Crippen LogP contribution >= 0.6 is 0 Å². The number of nitrogens with two attached hydrogens (primary N) is 1. The second kappa shape index (κ2) is 8.60. The molecule has 8 nitrogen and oxygen atoms in total. The number of benzene rings is 1. The normalized spacial score (nSPS) is 16.6. The lowest BCUT2D eigenvalue weighted by Crippen LogP contribution is -2.53. The summed E-state index contributed by atoms with van der Waals surface area (Å²) in [5.41, 5.74) is 5.72. The third kappa shape index (κ3) is 4.91. The fraction of sp³-hybridized carbons (Fsp3) is 0.556. The Morgan fingerprint density at radius 3 is 2.44 bits per heavy atom. The molecule has 0 aromatic heterocycles. The number of hydrogen-bond acceptors (Lipinski definition) is 5. The van der Waals surface area contributed by atoms with E-state index < -0.39 is 16.1 Å². The van der Waals surface area contributed by atoms with E-state index in [9.17, 15) is 18.0 Å². The van der Waals surface area contributed by atoms with Crippen LogP contribution in [0.25, 0.3) is 0 Å². The zero-order chi connectivity index (χ0) is 20.2. The summed E-state index contributed by atoms with van der Waals surface area (Å²) in [6.45, 7) is 2.55. The van der Waals surface area contributed by atoms with Crippen molar-refractivity contribution in [3.05, 3.63) is 24.3 Å². The number of rotatable bonds is 7. The molecule has 2 amide bonds. The highest BCUT2D eigenvalue weighted by molar-refractivity contribution is 7.92. The van der Waals surface area contributed by atoms with E-state index in [0.29, 0.717) is 43.8 Å². The number of amides is 2. The van der Waals surface area contributed by atoms with Gasteiger partial charge in [-0.1, -0.05) is 13.0 Å². The third-order valence-corrected chi connectivity index (χ3v) is 6.01. The van der Waals surface area contributed by atoms with Gasteiger partial charge in [0, 0.05) is 25.1 Å². The summed E-state index contributed by atoms with van der Waals surface area (Å²) < 4.78 is 31.4. The minimum Gasteiger partial charge on any atom is -0.497 e. The third-order valence-electron chi connectivity index (χ3n) is 4.83. The quantitative estimate of drug-likeness (QED) is 0.737. The highest BCUT2D eigenvalue weighted by Gasteiger charge is 2.36.